The lowest BCUT2D eigenvalue weighted by Crippen LogP contribution is -2.47. The summed E-state index contributed by atoms with van der Waals surface area (Å²) in [5.74, 6) is -2.56. The summed E-state index contributed by atoms with van der Waals surface area (Å²) in [6.45, 7) is 5.22. The van der Waals surface area contributed by atoms with Crippen LogP contribution in [0.3, 0.4) is 0 Å². The summed E-state index contributed by atoms with van der Waals surface area (Å²) >= 11 is 0. The zero-order valence-corrected chi connectivity index (χ0v) is 16.8. The van der Waals surface area contributed by atoms with E-state index in [2.05, 4.69) is 6.58 Å². The summed E-state index contributed by atoms with van der Waals surface area (Å²) < 4.78 is 36.1. The highest BCUT2D eigenvalue weighted by molar-refractivity contribution is 6.06. The predicted octanol–water partition coefficient (Wildman–Crippen LogP) is 2.83. The number of hydrogen-bond acceptors (Lipinski definition) is 7. The van der Waals surface area contributed by atoms with Gasteiger partial charge in [-0.15, -0.1) is 0 Å². The molecule has 3 atom stereocenters. The van der Waals surface area contributed by atoms with Crippen molar-refractivity contribution >= 4 is 11.8 Å². The highest BCUT2D eigenvalue weighted by atomic mass is 19.1. The quantitative estimate of drug-likeness (QED) is 0.384. The number of hydrogen-bond donors (Lipinski definition) is 0. The first kappa shape index (κ1) is 21.5. The normalized spacial score (nSPS) is 23.5. The SMILES string of the molecule is C=CCOC(=O)[C@@H]1C[C@]2([C@@H](C)Cc3cc(C#N)c(OC)cc3F)OCOC2=CC1=O. The summed E-state index contributed by atoms with van der Waals surface area (Å²) in [6.07, 6.45) is 2.89. The van der Waals surface area contributed by atoms with Gasteiger partial charge in [0.15, 0.2) is 12.6 Å². The number of benzene rings is 1. The van der Waals surface area contributed by atoms with E-state index in [1.807, 2.05) is 13.0 Å². The van der Waals surface area contributed by atoms with Gasteiger partial charge < -0.3 is 18.9 Å². The molecule has 3 rings (SSSR count). The molecular formula is C22H22FNO6. The zero-order valence-electron chi connectivity index (χ0n) is 16.8. The number of allylic oxidation sites excluding steroid dienone is 1. The van der Waals surface area contributed by atoms with Crippen LogP contribution in [0.25, 0.3) is 0 Å². The number of methoxy groups -OCH3 is 1. The second-order valence-electron chi connectivity index (χ2n) is 7.24. The summed E-state index contributed by atoms with van der Waals surface area (Å²) in [5, 5.41) is 9.29. The third-order valence-corrected chi connectivity index (χ3v) is 5.51. The first-order valence-corrected chi connectivity index (χ1v) is 9.43. The Labute approximate surface area is 173 Å². The lowest BCUT2D eigenvalue weighted by atomic mass is 9.72. The minimum absolute atomic E-state index is 0.00685. The number of rotatable bonds is 7. The van der Waals surface area contributed by atoms with Crippen LogP contribution in [0, 0.1) is 29.0 Å². The van der Waals surface area contributed by atoms with E-state index in [4.69, 9.17) is 18.9 Å². The molecule has 7 nitrogen and oxygen atoms in total. The molecule has 158 valence electrons. The van der Waals surface area contributed by atoms with Gasteiger partial charge in [0.1, 0.15) is 41.5 Å². The van der Waals surface area contributed by atoms with Crippen molar-refractivity contribution < 1.29 is 32.9 Å². The van der Waals surface area contributed by atoms with E-state index in [1.54, 1.807) is 0 Å². The Morgan fingerprint density at radius 1 is 1.53 bits per heavy atom. The summed E-state index contributed by atoms with van der Waals surface area (Å²) in [4.78, 5) is 24.8. The Balaban J connectivity index is 1.90. The molecule has 8 heteroatoms. The molecule has 0 spiro atoms. The molecule has 2 aliphatic rings. The molecule has 0 amide bonds. The first-order chi connectivity index (χ1) is 14.4. The Morgan fingerprint density at radius 3 is 2.97 bits per heavy atom. The Bertz CT molecular complexity index is 950. The smallest absolute Gasteiger partial charge is 0.317 e. The first-order valence-electron chi connectivity index (χ1n) is 9.43. The van der Waals surface area contributed by atoms with Crippen molar-refractivity contribution in [2.45, 2.75) is 25.4 Å². The summed E-state index contributed by atoms with van der Waals surface area (Å²) in [6, 6.07) is 4.59. The number of ether oxygens (including phenoxy) is 4. The standard InChI is InChI=1S/C22H22FNO6/c1-4-5-28-21(26)16-10-22(20(9-18(16)25)29-12-30-22)13(2)6-14-7-15(11-24)19(27-3)8-17(14)23/h4,7-9,13,16H,1,5-6,10,12H2,2-3H3/t13-,16+,22+/m0/s1. The van der Waals surface area contributed by atoms with Gasteiger partial charge in [0, 0.05) is 18.6 Å². The Kier molecular flexibility index (Phi) is 6.22. The lowest BCUT2D eigenvalue weighted by Gasteiger charge is -2.37. The molecule has 0 unspecified atom stereocenters. The van der Waals surface area contributed by atoms with E-state index in [0.29, 0.717) is 11.3 Å². The molecule has 1 fully saturated rings. The molecule has 1 aliphatic carbocycles. The Hall–Kier alpha value is -3.18. The third kappa shape index (κ3) is 3.81. The van der Waals surface area contributed by atoms with Crippen LogP contribution in [0.15, 0.2) is 36.6 Å². The fourth-order valence-corrected chi connectivity index (χ4v) is 3.88. The van der Waals surface area contributed by atoms with Gasteiger partial charge in [-0.05, 0) is 24.0 Å². The van der Waals surface area contributed by atoms with Crippen molar-refractivity contribution in [3.63, 3.8) is 0 Å². The topological polar surface area (TPSA) is 94.9 Å². The number of fused-ring (bicyclic) bond motifs is 1. The Morgan fingerprint density at radius 2 is 2.30 bits per heavy atom. The molecule has 30 heavy (non-hydrogen) atoms. The lowest BCUT2D eigenvalue weighted by molar-refractivity contribution is -0.154. The summed E-state index contributed by atoms with van der Waals surface area (Å²) in [5.41, 5.74) is -0.570. The van der Waals surface area contributed by atoms with E-state index in [9.17, 15) is 19.2 Å². The number of halogens is 1. The molecule has 1 aliphatic heterocycles. The van der Waals surface area contributed by atoms with Crippen LogP contribution < -0.4 is 4.74 Å². The van der Waals surface area contributed by atoms with Gasteiger partial charge in [0.2, 0.25) is 0 Å². The van der Waals surface area contributed by atoms with E-state index >= 15 is 0 Å². The van der Waals surface area contributed by atoms with Crippen molar-refractivity contribution in [2.75, 3.05) is 20.5 Å². The molecule has 1 aromatic rings. The van der Waals surface area contributed by atoms with Gasteiger partial charge in [0.25, 0.3) is 0 Å². The average molecular weight is 415 g/mol. The largest absolute Gasteiger partial charge is 0.495 e. The van der Waals surface area contributed by atoms with Gasteiger partial charge in [-0.2, -0.15) is 5.26 Å². The fraction of sp³-hybridized carbons (Fsp3) is 0.409. The molecular weight excluding hydrogens is 393 g/mol. The van der Waals surface area contributed by atoms with Crippen LogP contribution in [-0.4, -0.2) is 37.9 Å². The molecule has 0 N–H and O–H groups in total. The number of esters is 1. The maximum Gasteiger partial charge on any atom is 0.317 e. The van der Waals surface area contributed by atoms with E-state index < -0.39 is 29.1 Å². The van der Waals surface area contributed by atoms with Crippen LogP contribution in [0.5, 0.6) is 5.75 Å². The van der Waals surface area contributed by atoms with Crippen molar-refractivity contribution in [1.82, 2.24) is 0 Å². The van der Waals surface area contributed by atoms with Crippen LogP contribution in [-0.2, 0) is 30.2 Å². The molecule has 1 aromatic carbocycles. The number of nitriles is 1. The molecule has 1 saturated heterocycles. The molecule has 0 bridgehead atoms. The average Bonchev–Trinajstić information content (AvgIpc) is 3.16. The van der Waals surface area contributed by atoms with Gasteiger partial charge in [-0.1, -0.05) is 19.6 Å². The van der Waals surface area contributed by atoms with Crippen molar-refractivity contribution in [1.29, 1.82) is 5.26 Å². The van der Waals surface area contributed by atoms with E-state index in [0.717, 1.165) is 0 Å². The minimum Gasteiger partial charge on any atom is -0.495 e. The van der Waals surface area contributed by atoms with Crippen LogP contribution in [0.4, 0.5) is 4.39 Å². The third-order valence-electron chi connectivity index (χ3n) is 5.51. The fourth-order valence-electron chi connectivity index (χ4n) is 3.88. The molecule has 0 aromatic heterocycles. The maximum atomic E-state index is 14.6. The molecule has 0 radical (unpaired) electrons. The maximum absolute atomic E-state index is 14.6. The highest BCUT2D eigenvalue weighted by Crippen LogP contribution is 2.46. The van der Waals surface area contributed by atoms with Gasteiger partial charge in [-0.3, -0.25) is 9.59 Å². The van der Waals surface area contributed by atoms with Gasteiger partial charge in [0.05, 0.1) is 12.7 Å². The number of carbonyl (C=O) groups excluding carboxylic acids is 2. The second-order valence-corrected chi connectivity index (χ2v) is 7.24. The molecule has 0 saturated carbocycles. The van der Waals surface area contributed by atoms with Gasteiger partial charge in [-0.25, -0.2) is 4.39 Å². The van der Waals surface area contributed by atoms with E-state index in [-0.39, 0.29) is 43.5 Å². The highest BCUT2D eigenvalue weighted by Gasteiger charge is 2.54. The monoisotopic (exact) mass is 415 g/mol. The van der Waals surface area contributed by atoms with Crippen molar-refractivity contribution in [2.24, 2.45) is 11.8 Å². The second kappa shape index (κ2) is 8.67. The van der Waals surface area contributed by atoms with Gasteiger partial charge >= 0.3 is 5.97 Å². The van der Waals surface area contributed by atoms with Crippen LogP contribution >= 0.6 is 0 Å². The van der Waals surface area contributed by atoms with Crippen LogP contribution in [0.1, 0.15) is 24.5 Å². The molecule has 1 heterocycles. The van der Waals surface area contributed by atoms with Crippen molar-refractivity contribution in [3.05, 3.63) is 53.6 Å². The number of ketones is 1. The van der Waals surface area contributed by atoms with Crippen LogP contribution in [0.2, 0.25) is 0 Å². The number of carbonyl (C=O) groups is 2. The summed E-state index contributed by atoms with van der Waals surface area (Å²) in [7, 11) is 1.36. The van der Waals surface area contributed by atoms with Crippen molar-refractivity contribution in [3.8, 4) is 11.8 Å². The number of nitrogens with zero attached hydrogens (tertiary/aromatic N) is 1. The minimum atomic E-state index is -1.08. The predicted molar refractivity (Wildman–Crippen MR) is 103 cm³/mol. The van der Waals surface area contributed by atoms with E-state index in [1.165, 1.54) is 31.4 Å². The zero-order chi connectivity index (χ0) is 21.9.